The van der Waals surface area contributed by atoms with Crippen LogP contribution in [-0.2, 0) is 0 Å². The lowest BCUT2D eigenvalue weighted by Crippen LogP contribution is -2.02. The number of hydrogen-bond donors (Lipinski definition) is 2. The molecule has 0 atom stereocenters. The Morgan fingerprint density at radius 2 is 1.21 bits per heavy atom. The molecule has 0 aliphatic rings. The molecular weight excluding hydrogens is 300 g/mol. The van der Waals surface area contributed by atoms with Crippen molar-refractivity contribution in [3.63, 3.8) is 0 Å². The minimum atomic E-state index is -0.130. The van der Waals surface area contributed by atoms with Crippen molar-refractivity contribution in [2.24, 2.45) is 0 Å². The van der Waals surface area contributed by atoms with Crippen LogP contribution in [0.3, 0.4) is 0 Å². The lowest BCUT2D eigenvalue weighted by atomic mass is 9.94. The quantitative estimate of drug-likeness (QED) is 0.422. The van der Waals surface area contributed by atoms with Gasteiger partial charge in [0, 0.05) is 11.1 Å². The molecule has 0 aliphatic heterocycles. The topological polar surface area (TPSA) is 57.5 Å². The number of benzene rings is 3. The monoisotopic (exact) mass is 316 g/mol. The molecule has 3 heteroatoms. The number of carbonyl (C=O) groups excluding carboxylic acids is 1. The van der Waals surface area contributed by atoms with Gasteiger partial charge >= 0.3 is 0 Å². The van der Waals surface area contributed by atoms with Gasteiger partial charge in [-0.1, -0.05) is 42.5 Å². The van der Waals surface area contributed by atoms with E-state index < -0.39 is 0 Å². The van der Waals surface area contributed by atoms with E-state index in [2.05, 4.69) is 0 Å². The Kier molecular flexibility index (Phi) is 4.43. The van der Waals surface area contributed by atoms with Crippen LogP contribution in [0.1, 0.15) is 21.5 Å². The third-order valence-electron chi connectivity index (χ3n) is 3.66. The third kappa shape index (κ3) is 3.52. The Labute approximate surface area is 140 Å². The molecular formula is C21H16O3. The summed E-state index contributed by atoms with van der Waals surface area (Å²) in [7, 11) is 0. The second-order valence-electron chi connectivity index (χ2n) is 5.39. The first-order valence-electron chi connectivity index (χ1n) is 7.53. The molecule has 0 amide bonds. The molecule has 0 saturated heterocycles. The van der Waals surface area contributed by atoms with Gasteiger partial charge in [-0.15, -0.1) is 0 Å². The predicted molar refractivity (Wildman–Crippen MR) is 94.9 cm³/mol. The largest absolute Gasteiger partial charge is 0.508 e. The number of aromatic hydroxyl groups is 2. The first kappa shape index (κ1) is 15.6. The van der Waals surface area contributed by atoms with Gasteiger partial charge in [0.2, 0.25) is 0 Å². The number of rotatable bonds is 4. The maximum absolute atomic E-state index is 12.9. The molecule has 3 aromatic rings. The van der Waals surface area contributed by atoms with E-state index in [-0.39, 0.29) is 17.3 Å². The van der Waals surface area contributed by atoms with E-state index in [0.717, 1.165) is 11.1 Å². The van der Waals surface area contributed by atoms with E-state index >= 15 is 0 Å². The van der Waals surface area contributed by atoms with E-state index in [0.29, 0.717) is 11.1 Å². The number of Topliss-reactive ketones (excluding diaryl/α,β-unsaturated/α-hetero) is 1. The second-order valence-corrected chi connectivity index (χ2v) is 5.39. The second kappa shape index (κ2) is 6.84. The highest BCUT2D eigenvalue weighted by Crippen LogP contribution is 2.24. The molecule has 3 aromatic carbocycles. The van der Waals surface area contributed by atoms with Gasteiger partial charge in [0.1, 0.15) is 11.5 Å². The number of phenols is 2. The highest BCUT2D eigenvalue weighted by atomic mass is 16.3. The van der Waals surface area contributed by atoms with Gasteiger partial charge in [0.15, 0.2) is 5.78 Å². The highest BCUT2D eigenvalue weighted by Gasteiger charge is 2.14. The Morgan fingerprint density at radius 1 is 0.667 bits per heavy atom. The third-order valence-corrected chi connectivity index (χ3v) is 3.66. The molecule has 0 spiro atoms. The zero-order valence-corrected chi connectivity index (χ0v) is 12.9. The van der Waals surface area contributed by atoms with Crippen LogP contribution in [0.5, 0.6) is 11.5 Å². The zero-order chi connectivity index (χ0) is 16.9. The molecule has 0 aromatic heterocycles. The molecule has 24 heavy (non-hydrogen) atoms. The van der Waals surface area contributed by atoms with Gasteiger partial charge in [-0.25, -0.2) is 0 Å². The van der Waals surface area contributed by atoms with Gasteiger partial charge in [0.25, 0.3) is 0 Å². The van der Waals surface area contributed by atoms with E-state index in [1.165, 1.54) is 12.1 Å². The van der Waals surface area contributed by atoms with Crippen LogP contribution in [0.25, 0.3) is 11.6 Å². The zero-order valence-electron chi connectivity index (χ0n) is 12.9. The summed E-state index contributed by atoms with van der Waals surface area (Å²) < 4.78 is 0. The summed E-state index contributed by atoms with van der Waals surface area (Å²) in [5, 5.41) is 18.8. The average Bonchev–Trinajstić information content (AvgIpc) is 2.62. The standard InChI is InChI=1S/C21H16O3/c22-18-10-6-15(7-11-18)14-20(16-4-2-1-3-5-16)21(24)17-8-12-19(23)13-9-17/h1-14,22-23H/b20-14-. The first-order chi connectivity index (χ1) is 11.6. The number of phenolic OH excluding ortho intramolecular Hbond substituents is 2. The van der Waals surface area contributed by atoms with E-state index in [1.54, 1.807) is 42.5 Å². The highest BCUT2D eigenvalue weighted by molar-refractivity contribution is 6.32. The normalized spacial score (nSPS) is 11.2. The van der Waals surface area contributed by atoms with Gasteiger partial charge in [0.05, 0.1) is 0 Å². The molecule has 0 bridgehead atoms. The minimum absolute atomic E-state index is 0.121. The molecule has 0 fully saturated rings. The van der Waals surface area contributed by atoms with Crippen LogP contribution in [0, 0.1) is 0 Å². The maximum Gasteiger partial charge on any atom is 0.193 e. The number of allylic oxidation sites excluding steroid dienone is 1. The van der Waals surface area contributed by atoms with Crippen molar-refractivity contribution in [3.8, 4) is 11.5 Å². The van der Waals surface area contributed by atoms with Crippen LogP contribution in [0.2, 0.25) is 0 Å². The summed E-state index contributed by atoms with van der Waals surface area (Å²) in [4.78, 5) is 12.9. The van der Waals surface area contributed by atoms with Crippen LogP contribution in [0.15, 0.2) is 78.9 Å². The van der Waals surface area contributed by atoms with E-state index in [9.17, 15) is 15.0 Å². The van der Waals surface area contributed by atoms with Gasteiger partial charge in [-0.3, -0.25) is 4.79 Å². The van der Waals surface area contributed by atoms with Crippen molar-refractivity contribution in [2.75, 3.05) is 0 Å². The maximum atomic E-state index is 12.9. The number of hydrogen-bond acceptors (Lipinski definition) is 3. The average molecular weight is 316 g/mol. The van der Waals surface area contributed by atoms with Crippen molar-refractivity contribution in [2.45, 2.75) is 0 Å². The van der Waals surface area contributed by atoms with Crippen molar-refractivity contribution >= 4 is 17.4 Å². The number of ketones is 1. The fraction of sp³-hybridized carbons (Fsp3) is 0. The Balaban J connectivity index is 2.06. The molecule has 0 aliphatic carbocycles. The van der Waals surface area contributed by atoms with Crippen molar-refractivity contribution in [1.82, 2.24) is 0 Å². The van der Waals surface area contributed by atoms with Crippen LogP contribution in [-0.4, -0.2) is 16.0 Å². The molecule has 0 radical (unpaired) electrons. The summed E-state index contributed by atoms with van der Waals surface area (Å²) >= 11 is 0. The van der Waals surface area contributed by atoms with Crippen molar-refractivity contribution < 1.29 is 15.0 Å². The molecule has 3 nitrogen and oxygen atoms in total. The van der Waals surface area contributed by atoms with Crippen LogP contribution < -0.4 is 0 Å². The molecule has 0 unspecified atom stereocenters. The van der Waals surface area contributed by atoms with Gasteiger partial charge < -0.3 is 10.2 Å². The molecule has 0 heterocycles. The first-order valence-corrected chi connectivity index (χ1v) is 7.53. The SMILES string of the molecule is O=C(/C(=C\c1ccc(O)cc1)c1ccccc1)c1ccc(O)cc1. The van der Waals surface area contributed by atoms with Crippen molar-refractivity contribution in [3.05, 3.63) is 95.6 Å². The minimum Gasteiger partial charge on any atom is -0.508 e. The lowest BCUT2D eigenvalue weighted by Gasteiger charge is -2.08. The van der Waals surface area contributed by atoms with Crippen LogP contribution in [0.4, 0.5) is 0 Å². The smallest absolute Gasteiger partial charge is 0.193 e. The molecule has 118 valence electrons. The molecule has 2 N–H and O–H groups in total. The summed E-state index contributed by atoms with van der Waals surface area (Å²) in [6.07, 6.45) is 1.80. The summed E-state index contributed by atoms with van der Waals surface area (Å²) in [6.45, 7) is 0. The summed E-state index contributed by atoms with van der Waals surface area (Å²) in [6, 6.07) is 22.3. The van der Waals surface area contributed by atoms with Gasteiger partial charge in [-0.2, -0.15) is 0 Å². The lowest BCUT2D eigenvalue weighted by molar-refractivity contribution is 0.105. The Morgan fingerprint density at radius 3 is 1.79 bits per heavy atom. The van der Waals surface area contributed by atoms with Crippen LogP contribution >= 0.6 is 0 Å². The van der Waals surface area contributed by atoms with E-state index in [1.807, 2.05) is 30.3 Å². The Hall–Kier alpha value is -3.33. The number of carbonyl (C=O) groups is 1. The van der Waals surface area contributed by atoms with Crippen molar-refractivity contribution in [1.29, 1.82) is 0 Å². The van der Waals surface area contributed by atoms with Gasteiger partial charge in [-0.05, 0) is 53.6 Å². The predicted octanol–water partition coefficient (Wildman–Crippen LogP) is 4.52. The fourth-order valence-electron chi connectivity index (χ4n) is 2.40. The fourth-order valence-corrected chi connectivity index (χ4v) is 2.40. The Bertz CT molecular complexity index is 861. The van der Waals surface area contributed by atoms with E-state index in [4.69, 9.17) is 0 Å². The summed E-state index contributed by atoms with van der Waals surface area (Å²) in [5.74, 6) is 0.169. The summed E-state index contributed by atoms with van der Waals surface area (Å²) in [5.41, 5.74) is 2.68. The molecule has 0 saturated carbocycles. The molecule has 3 rings (SSSR count).